The molecule has 0 saturated carbocycles. The molecule has 1 aliphatic rings. The number of hydrogen-bond donors (Lipinski definition) is 2. The van der Waals surface area contributed by atoms with Crippen molar-refractivity contribution in [1.82, 2.24) is 4.90 Å². The standard InChI is InChI=1S/C8H12N4O3S/c9-11-10-2-5-1-7(13)12(3-5)6(4-16)8(14)15/h5-6,16H,1-4H2,(H,14,15). The van der Waals surface area contributed by atoms with E-state index in [1.807, 2.05) is 0 Å². The summed E-state index contributed by atoms with van der Waals surface area (Å²) in [5.74, 6) is -1.30. The number of azide groups is 1. The molecule has 88 valence electrons. The summed E-state index contributed by atoms with van der Waals surface area (Å²) in [5, 5.41) is 12.3. The van der Waals surface area contributed by atoms with E-state index < -0.39 is 12.0 Å². The molecular formula is C8H12N4O3S. The molecule has 1 N–H and O–H groups in total. The van der Waals surface area contributed by atoms with E-state index in [2.05, 4.69) is 22.7 Å². The number of likely N-dealkylation sites (tertiary alicyclic amines) is 1. The highest BCUT2D eigenvalue weighted by molar-refractivity contribution is 7.80. The fraction of sp³-hybridized carbons (Fsp3) is 0.750. The number of carbonyl (C=O) groups excluding carboxylic acids is 1. The van der Waals surface area contributed by atoms with Crippen molar-refractivity contribution in [1.29, 1.82) is 0 Å². The largest absolute Gasteiger partial charge is 0.480 e. The van der Waals surface area contributed by atoms with Crippen molar-refractivity contribution in [2.75, 3.05) is 18.8 Å². The summed E-state index contributed by atoms with van der Waals surface area (Å²) in [6.45, 7) is 0.535. The summed E-state index contributed by atoms with van der Waals surface area (Å²) in [5.41, 5.74) is 8.16. The molecule has 0 aromatic carbocycles. The topological polar surface area (TPSA) is 106 Å². The Morgan fingerprint density at radius 1 is 1.81 bits per heavy atom. The first-order valence-electron chi connectivity index (χ1n) is 4.74. The van der Waals surface area contributed by atoms with Gasteiger partial charge in [0.05, 0.1) is 0 Å². The Hall–Kier alpha value is -1.40. The van der Waals surface area contributed by atoms with Gasteiger partial charge in [0, 0.05) is 30.2 Å². The second kappa shape index (κ2) is 5.62. The minimum atomic E-state index is -1.06. The maximum atomic E-state index is 11.5. The van der Waals surface area contributed by atoms with Gasteiger partial charge in [-0.1, -0.05) is 5.11 Å². The quantitative estimate of drug-likeness (QED) is 0.319. The lowest BCUT2D eigenvalue weighted by Crippen LogP contribution is -2.43. The molecule has 1 rings (SSSR count). The van der Waals surface area contributed by atoms with Crippen molar-refractivity contribution in [3.63, 3.8) is 0 Å². The van der Waals surface area contributed by atoms with Crippen molar-refractivity contribution in [2.45, 2.75) is 12.5 Å². The Labute approximate surface area is 97.5 Å². The maximum absolute atomic E-state index is 11.5. The maximum Gasteiger partial charge on any atom is 0.327 e. The monoisotopic (exact) mass is 244 g/mol. The third kappa shape index (κ3) is 2.80. The van der Waals surface area contributed by atoms with Gasteiger partial charge in [0.15, 0.2) is 0 Å². The van der Waals surface area contributed by atoms with Gasteiger partial charge in [-0.25, -0.2) is 4.79 Å². The minimum absolute atomic E-state index is 0.0787. The molecule has 1 amide bonds. The number of rotatable bonds is 5. The highest BCUT2D eigenvalue weighted by atomic mass is 32.1. The van der Waals surface area contributed by atoms with Crippen LogP contribution >= 0.6 is 12.6 Å². The van der Waals surface area contributed by atoms with E-state index in [4.69, 9.17) is 10.6 Å². The zero-order chi connectivity index (χ0) is 12.1. The molecule has 8 heteroatoms. The lowest BCUT2D eigenvalue weighted by atomic mass is 10.1. The van der Waals surface area contributed by atoms with Crippen LogP contribution in [0, 0.1) is 5.92 Å². The molecule has 0 spiro atoms. The minimum Gasteiger partial charge on any atom is -0.480 e. The van der Waals surface area contributed by atoms with E-state index in [0.717, 1.165) is 0 Å². The summed E-state index contributed by atoms with van der Waals surface area (Å²) in [6, 6.07) is -0.896. The summed E-state index contributed by atoms with van der Waals surface area (Å²) in [6.07, 6.45) is 0.233. The van der Waals surface area contributed by atoms with Crippen LogP contribution in [0.4, 0.5) is 0 Å². The van der Waals surface area contributed by atoms with Crippen molar-refractivity contribution in [3.8, 4) is 0 Å². The van der Waals surface area contributed by atoms with Gasteiger partial charge in [-0.15, -0.1) is 0 Å². The zero-order valence-corrected chi connectivity index (χ0v) is 9.38. The molecule has 16 heavy (non-hydrogen) atoms. The van der Waals surface area contributed by atoms with E-state index in [-0.39, 0.29) is 30.5 Å². The van der Waals surface area contributed by atoms with E-state index >= 15 is 0 Å². The molecular weight excluding hydrogens is 232 g/mol. The highest BCUT2D eigenvalue weighted by Crippen LogP contribution is 2.21. The fourth-order valence-electron chi connectivity index (χ4n) is 1.69. The summed E-state index contributed by atoms with van der Waals surface area (Å²) >= 11 is 3.91. The predicted octanol–water partition coefficient (Wildman–Crippen LogP) is 0.528. The predicted molar refractivity (Wildman–Crippen MR) is 59.1 cm³/mol. The van der Waals surface area contributed by atoms with Gasteiger partial charge in [0.1, 0.15) is 6.04 Å². The Bertz CT molecular complexity index is 342. The van der Waals surface area contributed by atoms with Crippen LogP contribution in [0.2, 0.25) is 0 Å². The van der Waals surface area contributed by atoms with Crippen molar-refractivity contribution >= 4 is 24.5 Å². The number of aliphatic carboxylic acids is 1. The Morgan fingerprint density at radius 3 is 3.00 bits per heavy atom. The first-order valence-corrected chi connectivity index (χ1v) is 5.37. The molecule has 0 radical (unpaired) electrons. The smallest absolute Gasteiger partial charge is 0.327 e. The number of amides is 1. The summed E-state index contributed by atoms with van der Waals surface area (Å²) in [7, 11) is 0. The number of carboxylic acid groups (broad SMARTS) is 1. The molecule has 1 saturated heterocycles. The number of nitrogens with zero attached hydrogens (tertiary/aromatic N) is 4. The third-order valence-electron chi connectivity index (χ3n) is 2.48. The van der Waals surface area contributed by atoms with Crippen molar-refractivity contribution in [2.24, 2.45) is 11.0 Å². The lowest BCUT2D eigenvalue weighted by Gasteiger charge is -2.22. The Balaban J connectivity index is 2.66. The number of carbonyl (C=O) groups is 2. The van der Waals surface area contributed by atoms with Crippen LogP contribution in [0.15, 0.2) is 5.11 Å². The Kier molecular flexibility index (Phi) is 4.45. The fourth-order valence-corrected chi connectivity index (χ4v) is 2.05. The van der Waals surface area contributed by atoms with E-state index in [0.29, 0.717) is 6.54 Å². The van der Waals surface area contributed by atoms with E-state index in [1.54, 1.807) is 0 Å². The van der Waals surface area contributed by atoms with Crippen molar-refractivity contribution < 1.29 is 14.7 Å². The number of hydrogen-bond acceptors (Lipinski definition) is 4. The van der Waals surface area contributed by atoms with Crippen molar-refractivity contribution in [3.05, 3.63) is 10.4 Å². The first kappa shape index (κ1) is 12.7. The lowest BCUT2D eigenvalue weighted by molar-refractivity contribution is -0.147. The zero-order valence-electron chi connectivity index (χ0n) is 8.48. The molecule has 1 fully saturated rings. The van der Waals surface area contributed by atoms with Crippen LogP contribution in [0.1, 0.15) is 6.42 Å². The van der Waals surface area contributed by atoms with E-state index in [1.165, 1.54) is 4.90 Å². The second-order valence-corrected chi connectivity index (χ2v) is 3.93. The third-order valence-corrected chi connectivity index (χ3v) is 2.82. The van der Waals surface area contributed by atoms with Crippen LogP contribution in [0.25, 0.3) is 10.4 Å². The molecule has 2 unspecified atom stereocenters. The van der Waals surface area contributed by atoms with Crippen LogP contribution in [-0.4, -0.2) is 46.8 Å². The molecule has 2 atom stereocenters. The normalized spacial score (nSPS) is 21.7. The molecule has 0 aromatic rings. The van der Waals surface area contributed by atoms with Gasteiger partial charge in [0.25, 0.3) is 0 Å². The van der Waals surface area contributed by atoms with Crippen LogP contribution < -0.4 is 0 Å². The second-order valence-electron chi connectivity index (χ2n) is 3.57. The van der Waals surface area contributed by atoms with E-state index in [9.17, 15) is 9.59 Å². The van der Waals surface area contributed by atoms with Crippen LogP contribution in [0.3, 0.4) is 0 Å². The van der Waals surface area contributed by atoms with Gasteiger partial charge in [-0.3, -0.25) is 4.79 Å². The van der Waals surface area contributed by atoms with Gasteiger partial charge in [-0.05, 0) is 11.4 Å². The summed E-state index contributed by atoms with van der Waals surface area (Å²) < 4.78 is 0. The molecule has 0 bridgehead atoms. The molecule has 0 aliphatic carbocycles. The average Bonchev–Trinajstić information content (AvgIpc) is 2.58. The molecule has 1 heterocycles. The number of thiol groups is 1. The average molecular weight is 244 g/mol. The SMILES string of the molecule is [N-]=[N+]=NCC1CC(=O)N(C(CS)C(=O)O)C1. The highest BCUT2D eigenvalue weighted by Gasteiger charge is 2.36. The molecule has 0 aromatic heterocycles. The van der Waals surface area contributed by atoms with Gasteiger partial charge in [-0.2, -0.15) is 12.6 Å². The van der Waals surface area contributed by atoms with Gasteiger partial charge >= 0.3 is 5.97 Å². The van der Waals surface area contributed by atoms with Gasteiger partial charge < -0.3 is 10.0 Å². The first-order chi connectivity index (χ1) is 7.60. The molecule has 1 aliphatic heterocycles. The van der Waals surface area contributed by atoms with Crippen LogP contribution in [0.5, 0.6) is 0 Å². The molecule has 7 nitrogen and oxygen atoms in total. The Morgan fingerprint density at radius 2 is 2.50 bits per heavy atom. The van der Waals surface area contributed by atoms with Crippen LogP contribution in [-0.2, 0) is 9.59 Å². The van der Waals surface area contributed by atoms with Gasteiger partial charge in [0.2, 0.25) is 5.91 Å². The summed E-state index contributed by atoms with van der Waals surface area (Å²) in [4.78, 5) is 26.3. The number of carboxylic acids is 1.